The molecule has 1 saturated heterocycles. The maximum absolute atomic E-state index is 6.06. The maximum Gasteiger partial charge on any atom is 0.224 e. The Labute approximate surface area is 191 Å². The average molecular weight is 441 g/mol. The fourth-order valence-corrected chi connectivity index (χ4v) is 3.63. The number of pyridine rings is 1. The van der Waals surface area contributed by atoms with Crippen LogP contribution in [0.1, 0.15) is 45.6 Å². The van der Waals surface area contributed by atoms with Crippen molar-refractivity contribution < 1.29 is 14.2 Å². The van der Waals surface area contributed by atoms with Crippen molar-refractivity contribution >= 4 is 5.96 Å². The number of benzene rings is 1. The smallest absolute Gasteiger partial charge is 0.224 e. The first-order valence-electron chi connectivity index (χ1n) is 11.7. The zero-order chi connectivity index (χ0) is 22.6. The second-order valence-electron chi connectivity index (χ2n) is 7.70. The van der Waals surface area contributed by atoms with Crippen LogP contribution in [0.4, 0.5) is 0 Å². The third kappa shape index (κ3) is 7.12. The fraction of sp³-hybridized carbons (Fsp3) is 0.520. The molecule has 0 bridgehead atoms. The zero-order valence-electron chi connectivity index (χ0n) is 19.5. The summed E-state index contributed by atoms with van der Waals surface area (Å²) in [4.78, 5) is 11.6. The van der Waals surface area contributed by atoms with Gasteiger partial charge in [-0.15, -0.1) is 0 Å². The minimum Gasteiger partial charge on any atom is -0.494 e. The molecule has 7 heteroatoms. The van der Waals surface area contributed by atoms with Crippen molar-refractivity contribution in [1.29, 1.82) is 0 Å². The molecule has 0 amide bonds. The van der Waals surface area contributed by atoms with Crippen LogP contribution in [-0.2, 0) is 11.3 Å². The molecule has 1 aromatic carbocycles. The lowest BCUT2D eigenvalue weighted by molar-refractivity contribution is 0.0263. The number of guanidine groups is 1. The number of aliphatic imine (C=N–C) groups is 1. The van der Waals surface area contributed by atoms with Crippen LogP contribution < -0.4 is 14.8 Å². The number of hydrogen-bond acceptors (Lipinski definition) is 5. The van der Waals surface area contributed by atoms with Crippen molar-refractivity contribution in [2.75, 3.05) is 32.8 Å². The minimum absolute atomic E-state index is 0.358. The number of likely N-dealkylation sites (tertiary alicyclic amines) is 1. The summed E-state index contributed by atoms with van der Waals surface area (Å²) in [5.41, 5.74) is 0.943. The van der Waals surface area contributed by atoms with Gasteiger partial charge in [-0.3, -0.25) is 0 Å². The normalized spacial score (nSPS) is 15.0. The van der Waals surface area contributed by atoms with E-state index in [9.17, 15) is 0 Å². The van der Waals surface area contributed by atoms with Crippen LogP contribution in [0, 0.1) is 0 Å². The van der Waals surface area contributed by atoms with Gasteiger partial charge < -0.3 is 24.4 Å². The zero-order valence-corrected chi connectivity index (χ0v) is 19.5. The molecule has 1 fully saturated rings. The molecular formula is C25H36N4O3. The van der Waals surface area contributed by atoms with E-state index < -0.39 is 0 Å². The van der Waals surface area contributed by atoms with Gasteiger partial charge in [0.1, 0.15) is 11.5 Å². The van der Waals surface area contributed by atoms with Crippen LogP contribution in [-0.4, -0.2) is 54.8 Å². The number of ether oxygens (including phenoxy) is 3. The summed E-state index contributed by atoms with van der Waals surface area (Å²) in [6.07, 6.45) is 5.13. The molecule has 7 nitrogen and oxygen atoms in total. The molecule has 1 N–H and O–H groups in total. The fourth-order valence-electron chi connectivity index (χ4n) is 3.63. The van der Waals surface area contributed by atoms with Crippen molar-refractivity contribution in [1.82, 2.24) is 15.2 Å². The minimum atomic E-state index is 0.358. The van der Waals surface area contributed by atoms with Crippen LogP contribution in [0.3, 0.4) is 0 Å². The molecule has 2 heterocycles. The summed E-state index contributed by atoms with van der Waals surface area (Å²) < 4.78 is 17.5. The van der Waals surface area contributed by atoms with Gasteiger partial charge in [-0.1, -0.05) is 13.0 Å². The van der Waals surface area contributed by atoms with Gasteiger partial charge in [0, 0.05) is 38.0 Å². The van der Waals surface area contributed by atoms with E-state index >= 15 is 0 Å². The molecule has 0 saturated carbocycles. The maximum atomic E-state index is 6.06. The summed E-state index contributed by atoms with van der Waals surface area (Å²) in [5, 5.41) is 3.42. The van der Waals surface area contributed by atoms with Crippen molar-refractivity contribution in [2.24, 2.45) is 4.99 Å². The van der Waals surface area contributed by atoms with Gasteiger partial charge in [0.2, 0.25) is 5.88 Å². The van der Waals surface area contributed by atoms with Gasteiger partial charge in [-0.25, -0.2) is 9.98 Å². The van der Waals surface area contributed by atoms with Crippen LogP contribution in [0.15, 0.2) is 47.6 Å². The summed E-state index contributed by atoms with van der Waals surface area (Å²) in [6.45, 7) is 10.9. The van der Waals surface area contributed by atoms with Gasteiger partial charge in [0.25, 0.3) is 0 Å². The summed E-state index contributed by atoms with van der Waals surface area (Å²) in [7, 11) is 0. The number of piperidine rings is 1. The second-order valence-corrected chi connectivity index (χ2v) is 7.70. The molecule has 0 spiro atoms. The molecule has 0 atom stereocenters. The molecule has 1 aliphatic heterocycles. The quantitative estimate of drug-likeness (QED) is 0.429. The highest BCUT2D eigenvalue weighted by molar-refractivity contribution is 5.80. The highest BCUT2D eigenvalue weighted by Crippen LogP contribution is 2.25. The molecule has 3 rings (SSSR count). The first kappa shape index (κ1) is 23.9. The van der Waals surface area contributed by atoms with E-state index in [-0.39, 0.29) is 0 Å². The number of nitrogens with one attached hydrogen (secondary N) is 1. The van der Waals surface area contributed by atoms with E-state index in [0.717, 1.165) is 68.5 Å². The Morgan fingerprint density at radius 3 is 2.53 bits per heavy atom. The van der Waals surface area contributed by atoms with Crippen LogP contribution in [0.5, 0.6) is 17.4 Å². The molecule has 0 radical (unpaired) electrons. The van der Waals surface area contributed by atoms with Crippen molar-refractivity contribution in [3.63, 3.8) is 0 Å². The van der Waals surface area contributed by atoms with Crippen molar-refractivity contribution in [3.05, 3.63) is 48.2 Å². The van der Waals surface area contributed by atoms with Gasteiger partial charge >= 0.3 is 0 Å². The number of rotatable bonds is 10. The lowest BCUT2D eigenvalue weighted by Gasteiger charge is -2.34. The van der Waals surface area contributed by atoms with E-state index in [1.165, 1.54) is 0 Å². The predicted octanol–water partition coefficient (Wildman–Crippen LogP) is 4.63. The molecule has 32 heavy (non-hydrogen) atoms. The lowest BCUT2D eigenvalue weighted by atomic mass is 10.1. The topological polar surface area (TPSA) is 68.2 Å². The molecule has 1 aliphatic rings. The highest BCUT2D eigenvalue weighted by Gasteiger charge is 2.21. The highest BCUT2D eigenvalue weighted by atomic mass is 16.5. The van der Waals surface area contributed by atoms with Crippen LogP contribution in [0.25, 0.3) is 0 Å². The number of hydrogen-bond donors (Lipinski definition) is 1. The molecular weight excluding hydrogens is 404 g/mol. The Balaban J connectivity index is 1.65. The van der Waals surface area contributed by atoms with Gasteiger partial charge in [0.05, 0.1) is 19.3 Å². The lowest BCUT2D eigenvalue weighted by Crippen LogP contribution is -2.47. The van der Waals surface area contributed by atoms with Crippen molar-refractivity contribution in [2.45, 2.75) is 52.7 Å². The SMILES string of the molecule is CCCOc1ccc(Oc2ncccc2CN=C(NCC)N2CCC(OCC)CC2)cc1. The first-order chi connectivity index (χ1) is 15.7. The largest absolute Gasteiger partial charge is 0.494 e. The van der Waals surface area contributed by atoms with Crippen molar-refractivity contribution in [3.8, 4) is 17.4 Å². The molecule has 1 aromatic heterocycles. The number of nitrogens with zero attached hydrogens (tertiary/aromatic N) is 3. The Kier molecular flexibility index (Phi) is 9.62. The Morgan fingerprint density at radius 2 is 1.84 bits per heavy atom. The molecule has 0 unspecified atom stereocenters. The van der Waals surface area contributed by atoms with Gasteiger partial charge in [-0.2, -0.15) is 0 Å². The van der Waals surface area contributed by atoms with Gasteiger partial charge in [0.15, 0.2) is 5.96 Å². The summed E-state index contributed by atoms with van der Waals surface area (Å²) in [6, 6.07) is 11.6. The Hall–Kier alpha value is -2.80. The predicted molar refractivity (Wildman–Crippen MR) is 128 cm³/mol. The molecule has 0 aliphatic carbocycles. The standard InChI is InChI=1S/C25H36N4O3/c1-4-18-31-21-9-11-23(12-10-21)32-24-20(8-7-15-27-24)19-28-25(26-5-2)29-16-13-22(14-17-29)30-6-3/h7-12,15,22H,4-6,13-14,16-19H2,1-3H3,(H,26,28). The summed E-state index contributed by atoms with van der Waals surface area (Å²) in [5.74, 6) is 3.06. The van der Waals surface area contributed by atoms with E-state index in [4.69, 9.17) is 19.2 Å². The monoisotopic (exact) mass is 440 g/mol. The van der Waals surface area contributed by atoms with Gasteiger partial charge in [-0.05, 0) is 63.4 Å². The van der Waals surface area contributed by atoms with E-state index in [1.54, 1.807) is 6.20 Å². The Bertz CT molecular complexity index is 833. The third-order valence-corrected chi connectivity index (χ3v) is 5.24. The van der Waals surface area contributed by atoms with E-state index in [0.29, 0.717) is 25.1 Å². The number of aromatic nitrogens is 1. The second kappa shape index (κ2) is 12.9. The molecule has 2 aromatic rings. The van der Waals surface area contributed by atoms with E-state index in [1.807, 2.05) is 36.4 Å². The Morgan fingerprint density at radius 1 is 1.09 bits per heavy atom. The first-order valence-corrected chi connectivity index (χ1v) is 11.7. The van der Waals surface area contributed by atoms with E-state index in [2.05, 4.69) is 36.0 Å². The van der Waals surface area contributed by atoms with Crippen LogP contribution in [0.2, 0.25) is 0 Å². The third-order valence-electron chi connectivity index (χ3n) is 5.24. The molecule has 174 valence electrons. The average Bonchev–Trinajstić information content (AvgIpc) is 2.83. The summed E-state index contributed by atoms with van der Waals surface area (Å²) >= 11 is 0. The van der Waals surface area contributed by atoms with Crippen LogP contribution >= 0.6 is 0 Å².